The van der Waals surface area contributed by atoms with Crippen LogP contribution in [0.3, 0.4) is 0 Å². The van der Waals surface area contributed by atoms with Gasteiger partial charge in [0.2, 0.25) is 5.91 Å². The monoisotopic (exact) mass is 334 g/mol. The fourth-order valence-corrected chi connectivity index (χ4v) is 2.69. The number of rotatable bonds is 15. The summed E-state index contributed by atoms with van der Waals surface area (Å²) in [6, 6.07) is -0.159. The minimum atomic E-state index is -0.212. The highest BCUT2D eigenvalue weighted by molar-refractivity contribution is 5.85. The van der Waals surface area contributed by atoms with Gasteiger partial charge in [0.1, 0.15) is 0 Å². The van der Waals surface area contributed by atoms with Crippen molar-refractivity contribution in [1.29, 1.82) is 0 Å². The maximum atomic E-state index is 11.4. The molecule has 2 atom stereocenters. The van der Waals surface area contributed by atoms with Crippen LogP contribution in [0.25, 0.3) is 0 Å². The van der Waals surface area contributed by atoms with Gasteiger partial charge in [-0.25, -0.2) is 0 Å². The molecule has 0 saturated heterocycles. The third kappa shape index (κ3) is 13.4. The molecule has 0 aliphatic carbocycles. The molecule has 0 saturated carbocycles. The fourth-order valence-electron chi connectivity index (χ4n) is 2.69. The molecule has 0 aliphatic heterocycles. The summed E-state index contributed by atoms with van der Waals surface area (Å²) < 4.78 is 0. The Balaban J connectivity index is 0. The molecule has 0 aliphatic rings. The first kappa shape index (κ1) is 24.0. The third-order valence-electron chi connectivity index (χ3n) is 4.41. The van der Waals surface area contributed by atoms with E-state index in [-0.39, 0.29) is 24.4 Å². The van der Waals surface area contributed by atoms with Gasteiger partial charge >= 0.3 is 0 Å². The standard InChI is InChI=1S/C18H38N2O.ClH/c1-4-6-7-8-9-10-11-12-13-14-15-20-17(18(19)21)16(3)5-2;/h16-17,20H,4-15H2,1-3H3,(H2,19,21);1H/t16-,17-;/m0./s1. The molecule has 4 heteroatoms. The van der Waals surface area contributed by atoms with Crippen molar-refractivity contribution >= 4 is 18.3 Å². The maximum absolute atomic E-state index is 11.4. The smallest absolute Gasteiger partial charge is 0.234 e. The van der Waals surface area contributed by atoms with E-state index < -0.39 is 0 Å². The fraction of sp³-hybridized carbons (Fsp3) is 0.944. The van der Waals surface area contributed by atoms with Gasteiger partial charge < -0.3 is 11.1 Å². The Bertz CT molecular complexity index is 249. The van der Waals surface area contributed by atoms with E-state index in [0.29, 0.717) is 5.92 Å². The van der Waals surface area contributed by atoms with Crippen molar-refractivity contribution in [2.75, 3.05) is 6.54 Å². The van der Waals surface area contributed by atoms with Gasteiger partial charge in [-0.05, 0) is 18.9 Å². The summed E-state index contributed by atoms with van der Waals surface area (Å²) >= 11 is 0. The maximum Gasteiger partial charge on any atom is 0.234 e. The highest BCUT2D eigenvalue weighted by atomic mass is 35.5. The van der Waals surface area contributed by atoms with Crippen LogP contribution in [0.2, 0.25) is 0 Å². The van der Waals surface area contributed by atoms with E-state index in [1.807, 2.05) is 0 Å². The summed E-state index contributed by atoms with van der Waals surface area (Å²) in [4.78, 5) is 11.4. The van der Waals surface area contributed by atoms with Gasteiger partial charge in [0.15, 0.2) is 0 Å². The number of nitrogens with two attached hydrogens (primary N) is 1. The van der Waals surface area contributed by atoms with E-state index in [2.05, 4.69) is 26.1 Å². The lowest BCUT2D eigenvalue weighted by molar-refractivity contribution is -0.121. The minimum Gasteiger partial charge on any atom is -0.368 e. The molecular formula is C18H39ClN2O. The zero-order valence-corrected chi connectivity index (χ0v) is 15.9. The number of halogens is 1. The molecule has 3 N–H and O–H groups in total. The van der Waals surface area contributed by atoms with Crippen LogP contribution in [0.15, 0.2) is 0 Å². The molecule has 0 aromatic rings. The Morgan fingerprint density at radius 1 is 0.909 bits per heavy atom. The largest absolute Gasteiger partial charge is 0.368 e. The summed E-state index contributed by atoms with van der Waals surface area (Å²) in [6.45, 7) is 7.36. The van der Waals surface area contributed by atoms with Crippen LogP contribution in [0, 0.1) is 5.92 Å². The number of carbonyl (C=O) groups excluding carboxylic acids is 1. The Morgan fingerprint density at radius 3 is 1.77 bits per heavy atom. The van der Waals surface area contributed by atoms with E-state index in [4.69, 9.17) is 5.73 Å². The first-order valence-electron chi connectivity index (χ1n) is 9.16. The molecule has 0 fully saturated rings. The molecule has 0 bridgehead atoms. The molecule has 134 valence electrons. The van der Waals surface area contributed by atoms with Crippen molar-refractivity contribution in [2.24, 2.45) is 11.7 Å². The number of primary amides is 1. The Hall–Kier alpha value is -0.280. The van der Waals surface area contributed by atoms with E-state index in [0.717, 1.165) is 19.4 Å². The highest BCUT2D eigenvalue weighted by Crippen LogP contribution is 2.11. The number of amides is 1. The molecule has 0 aromatic heterocycles. The van der Waals surface area contributed by atoms with Crippen LogP contribution in [-0.4, -0.2) is 18.5 Å². The summed E-state index contributed by atoms with van der Waals surface area (Å²) in [5.74, 6) is 0.113. The van der Waals surface area contributed by atoms with Crippen LogP contribution in [-0.2, 0) is 4.79 Å². The van der Waals surface area contributed by atoms with Crippen LogP contribution in [0.5, 0.6) is 0 Å². The zero-order valence-electron chi connectivity index (χ0n) is 15.0. The normalized spacial score (nSPS) is 13.4. The van der Waals surface area contributed by atoms with Gasteiger partial charge in [0.05, 0.1) is 6.04 Å². The van der Waals surface area contributed by atoms with Crippen LogP contribution in [0.4, 0.5) is 0 Å². The topological polar surface area (TPSA) is 55.1 Å². The van der Waals surface area contributed by atoms with E-state index >= 15 is 0 Å². The summed E-state index contributed by atoms with van der Waals surface area (Å²) in [7, 11) is 0. The summed E-state index contributed by atoms with van der Waals surface area (Å²) in [5.41, 5.74) is 5.44. The van der Waals surface area contributed by atoms with Gasteiger partial charge in [0.25, 0.3) is 0 Å². The first-order chi connectivity index (χ1) is 10.1. The minimum absolute atomic E-state index is 0. The number of hydrogen-bond donors (Lipinski definition) is 2. The second kappa shape index (κ2) is 17.1. The molecule has 0 radical (unpaired) electrons. The van der Waals surface area contributed by atoms with Gasteiger partial charge in [-0.1, -0.05) is 85.0 Å². The van der Waals surface area contributed by atoms with E-state index in [1.165, 1.54) is 57.8 Å². The van der Waals surface area contributed by atoms with Gasteiger partial charge in [0, 0.05) is 0 Å². The summed E-state index contributed by atoms with van der Waals surface area (Å²) in [6.07, 6.45) is 14.4. The Labute approximate surface area is 144 Å². The van der Waals surface area contributed by atoms with Crippen LogP contribution >= 0.6 is 12.4 Å². The Kier molecular flexibility index (Phi) is 18.6. The second-order valence-electron chi connectivity index (χ2n) is 6.40. The predicted molar refractivity (Wildman–Crippen MR) is 99.5 cm³/mol. The molecule has 0 spiro atoms. The predicted octanol–water partition coefficient (Wildman–Crippen LogP) is 4.82. The lowest BCUT2D eigenvalue weighted by atomic mass is 9.98. The van der Waals surface area contributed by atoms with Gasteiger partial charge in [-0.15, -0.1) is 12.4 Å². The molecule has 0 heterocycles. The number of carbonyl (C=O) groups is 1. The van der Waals surface area contributed by atoms with E-state index in [1.54, 1.807) is 0 Å². The molecule has 0 unspecified atom stereocenters. The average Bonchev–Trinajstić information content (AvgIpc) is 2.47. The van der Waals surface area contributed by atoms with Crippen molar-refractivity contribution in [3.05, 3.63) is 0 Å². The molecular weight excluding hydrogens is 296 g/mol. The third-order valence-corrected chi connectivity index (χ3v) is 4.41. The van der Waals surface area contributed by atoms with Gasteiger partial charge in [-0.3, -0.25) is 4.79 Å². The van der Waals surface area contributed by atoms with Crippen molar-refractivity contribution < 1.29 is 4.79 Å². The highest BCUT2D eigenvalue weighted by Gasteiger charge is 2.20. The zero-order chi connectivity index (χ0) is 15.9. The van der Waals surface area contributed by atoms with E-state index in [9.17, 15) is 4.79 Å². The van der Waals surface area contributed by atoms with Crippen LogP contribution < -0.4 is 11.1 Å². The number of hydrogen-bond acceptors (Lipinski definition) is 2. The molecule has 22 heavy (non-hydrogen) atoms. The molecule has 1 amide bonds. The number of nitrogens with one attached hydrogen (secondary N) is 1. The van der Waals surface area contributed by atoms with Crippen LogP contribution in [0.1, 0.15) is 91.4 Å². The summed E-state index contributed by atoms with van der Waals surface area (Å²) in [5, 5.41) is 3.32. The van der Waals surface area contributed by atoms with Crippen molar-refractivity contribution in [2.45, 2.75) is 97.4 Å². The lowest BCUT2D eigenvalue weighted by Crippen LogP contribution is -2.45. The van der Waals surface area contributed by atoms with Crippen molar-refractivity contribution in [3.63, 3.8) is 0 Å². The van der Waals surface area contributed by atoms with Crippen molar-refractivity contribution in [1.82, 2.24) is 5.32 Å². The lowest BCUT2D eigenvalue weighted by Gasteiger charge is -2.21. The number of unbranched alkanes of at least 4 members (excludes halogenated alkanes) is 9. The molecule has 0 aromatic carbocycles. The first-order valence-corrected chi connectivity index (χ1v) is 9.16. The quantitative estimate of drug-likeness (QED) is 0.422. The van der Waals surface area contributed by atoms with Crippen molar-refractivity contribution in [3.8, 4) is 0 Å². The Morgan fingerprint density at radius 2 is 1.36 bits per heavy atom. The average molecular weight is 335 g/mol. The molecule has 3 nitrogen and oxygen atoms in total. The SMILES string of the molecule is CCCCCCCCCCCCN[C@H](C(N)=O)[C@@H](C)CC.Cl. The van der Waals surface area contributed by atoms with Gasteiger partial charge in [-0.2, -0.15) is 0 Å². The molecule has 0 rings (SSSR count). The second-order valence-corrected chi connectivity index (χ2v) is 6.40.